The van der Waals surface area contributed by atoms with Crippen LogP contribution in [-0.4, -0.2) is 124 Å². The molecule has 3 aliphatic heterocycles. The maximum atomic E-state index is 11.1. The Hall–Kier alpha value is -1.00. The first-order chi connectivity index (χ1) is 25.8. The molecule has 12 heteroatoms. The van der Waals surface area contributed by atoms with Gasteiger partial charge in [0.1, 0.15) is 42.7 Å². The van der Waals surface area contributed by atoms with Crippen molar-refractivity contribution in [2.45, 2.75) is 187 Å². The molecule has 55 heavy (non-hydrogen) atoms. The Kier molecular flexibility index (Phi) is 11.7. The molecule has 3 saturated carbocycles. The largest absolute Gasteiger partial charge is 0.388 e. The maximum absolute atomic E-state index is 11.1. The summed E-state index contributed by atoms with van der Waals surface area (Å²) in [5.74, 6) is 1.68. The monoisotopic (exact) mass is 778 g/mol. The molecule has 0 amide bonds. The van der Waals surface area contributed by atoms with Crippen LogP contribution in [0.1, 0.15) is 107 Å². The minimum absolute atomic E-state index is 0.0597. The van der Waals surface area contributed by atoms with E-state index in [4.69, 9.17) is 28.4 Å². The topological polar surface area (TPSA) is 177 Å². The lowest BCUT2D eigenvalue weighted by atomic mass is 9.41. The molecule has 314 valence electrons. The van der Waals surface area contributed by atoms with Crippen LogP contribution in [0.25, 0.3) is 0 Å². The fourth-order valence-electron chi connectivity index (χ4n) is 13.1. The van der Waals surface area contributed by atoms with E-state index in [0.29, 0.717) is 23.7 Å². The fourth-order valence-corrected chi connectivity index (χ4v) is 13.1. The molecule has 0 aromatic rings. The summed E-state index contributed by atoms with van der Waals surface area (Å²) < 4.78 is 36.4. The highest BCUT2D eigenvalue weighted by atomic mass is 16.7. The Labute approximate surface area is 327 Å². The van der Waals surface area contributed by atoms with E-state index >= 15 is 0 Å². The van der Waals surface area contributed by atoms with Crippen LogP contribution >= 0.6 is 0 Å². The average Bonchev–Trinajstić information content (AvgIpc) is 3.65. The van der Waals surface area contributed by atoms with Gasteiger partial charge in [-0.3, -0.25) is 0 Å². The van der Waals surface area contributed by atoms with Gasteiger partial charge >= 0.3 is 0 Å². The predicted molar refractivity (Wildman–Crippen MR) is 202 cm³/mol. The lowest BCUT2D eigenvalue weighted by molar-refractivity contribution is -0.342. The van der Waals surface area contributed by atoms with Gasteiger partial charge in [0.25, 0.3) is 0 Å². The average molecular weight is 779 g/mol. The molecule has 20 atom stereocenters. The van der Waals surface area contributed by atoms with Crippen molar-refractivity contribution in [3.63, 3.8) is 0 Å². The summed E-state index contributed by atoms with van der Waals surface area (Å²) in [5, 5.41) is 63.5. The Morgan fingerprint density at radius 3 is 2.18 bits per heavy atom. The Bertz CT molecular complexity index is 1450. The van der Waals surface area contributed by atoms with Gasteiger partial charge in [-0.25, -0.2) is 0 Å². The van der Waals surface area contributed by atoms with Gasteiger partial charge in [0.15, 0.2) is 18.9 Å². The molecule has 4 aliphatic carbocycles. The van der Waals surface area contributed by atoms with E-state index in [2.05, 4.69) is 60.6 Å². The van der Waals surface area contributed by atoms with Crippen LogP contribution in [0.4, 0.5) is 0 Å². The molecular formula is C43H70O12. The third-order valence-corrected chi connectivity index (χ3v) is 16.5. The van der Waals surface area contributed by atoms with E-state index in [1.165, 1.54) is 24.8 Å². The Morgan fingerprint density at radius 2 is 1.49 bits per heavy atom. The summed E-state index contributed by atoms with van der Waals surface area (Å²) >= 11 is 0. The van der Waals surface area contributed by atoms with Crippen molar-refractivity contribution in [3.05, 3.63) is 23.3 Å². The van der Waals surface area contributed by atoms with Gasteiger partial charge in [0.2, 0.25) is 0 Å². The number of methoxy groups -OCH3 is 1. The highest BCUT2D eigenvalue weighted by Gasteiger charge is 2.67. The molecule has 0 bridgehead atoms. The molecule has 0 unspecified atom stereocenters. The number of hydrogen-bond acceptors (Lipinski definition) is 12. The molecule has 3 heterocycles. The van der Waals surface area contributed by atoms with E-state index in [-0.39, 0.29) is 46.8 Å². The van der Waals surface area contributed by atoms with Crippen LogP contribution in [0.3, 0.4) is 0 Å². The number of hydrogen-bond donors (Lipinski definition) is 6. The molecule has 6 fully saturated rings. The van der Waals surface area contributed by atoms with Gasteiger partial charge < -0.3 is 59.1 Å². The van der Waals surface area contributed by atoms with Crippen molar-refractivity contribution >= 4 is 0 Å². The Balaban J connectivity index is 1.05. The second-order valence-electron chi connectivity index (χ2n) is 19.9. The normalized spacial score (nSPS) is 53.5. The summed E-state index contributed by atoms with van der Waals surface area (Å²) in [5.41, 5.74) is 2.94. The highest BCUT2D eigenvalue weighted by molar-refractivity contribution is 5.33. The van der Waals surface area contributed by atoms with Crippen molar-refractivity contribution in [3.8, 4) is 0 Å². The van der Waals surface area contributed by atoms with Crippen LogP contribution in [-0.2, 0) is 28.4 Å². The van der Waals surface area contributed by atoms with E-state index in [1.807, 2.05) is 0 Å². The number of allylic oxidation sites excluding steroid dienone is 3. The van der Waals surface area contributed by atoms with E-state index in [0.717, 1.165) is 32.1 Å². The zero-order valence-electron chi connectivity index (χ0n) is 34.5. The lowest BCUT2D eigenvalue weighted by Crippen LogP contribution is -2.63. The number of aliphatic hydroxyl groups is 6. The summed E-state index contributed by atoms with van der Waals surface area (Å²) in [7, 11) is 1.79. The molecule has 12 nitrogen and oxygen atoms in total. The first-order valence-electron chi connectivity index (χ1n) is 21.0. The molecule has 0 radical (unpaired) electrons. The molecule has 3 saturated heterocycles. The van der Waals surface area contributed by atoms with Gasteiger partial charge in [-0.1, -0.05) is 57.9 Å². The number of fused-ring (bicyclic) bond motifs is 5. The zero-order chi connectivity index (χ0) is 40.0. The first kappa shape index (κ1) is 42.1. The summed E-state index contributed by atoms with van der Waals surface area (Å²) in [6.45, 7) is 17.6. The van der Waals surface area contributed by atoms with Gasteiger partial charge in [-0.2, -0.15) is 0 Å². The molecular weight excluding hydrogens is 708 g/mol. The van der Waals surface area contributed by atoms with Crippen molar-refractivity contribution in [1.82, 2.24) is 0 Å². The van der Waals surface area contributed by atoms with Crippen LogP contribution in [0, 0.1) is 45.3 Å². The standard InChI is InChI=1S/C43H70O12/c1-21(2)18-23-19-24(37(50-9)53-23)25-12-16-43(8)27-10-11-29-40(4,5)30(14-15-41(29,6)26(27)13-17-42(25,43)7)55-39-36(49)34(47)32(45)28(54-39)20-51-38-35(48)33(46)31(44)22(3)52-38/h10,18,22-26,28-39,44-49H,11-17,19-20H2,1-9H3/t22-,23+,24-,25-,26-,28+,29-,30-,31-,32+,33+,34-,35+,36+,37+,38+,39-,41+,42-,43+/m0/s1. The SMILES string of the molecule is CO[C@@H]1O[C@H](C=C(C)C)C[C@H]1[C@@H]1CC[C@]2(C)C3=CC[C@H]4C(C)(C)[C@@H](O[C@@H]5O[C@H](CO[C@@H]6O[C@@H](C)[C@H](O)[C@@H](O)[C@H]6O)[C@@H](O)[C@H](O)[C@H]5O)CC[C@]4(C)[C@H]3CC[C@@]12C. The summed E-state index contributed by atoms with van der Waals surface area (Å²) in [4.78, 5) is 0. The lowest BCUT2D eigenvalue weighted by Gasteiger charge is -2.65. The second-order valence-corrected chi connectivity index (χ2v) is 19.9. The fraction of sp³-hybridized carbons (Fsp3) is 0.907. The van der Waals surface area contributed by atoms with E-state index in [1.54, 1.807) is 19.6 Å². The molecule has 7 rings (SSSR count). The molecule has 7 aliphatic rings. The van der Waals surface area contributed by atoms with Crippen LogP contribution in [0.15, 0.2) is 23.3 Å². The van der Waals surface area contributed by atoms with Crippen molar-refractivity contribution in [2.75, 3.05) is 13.7 Å². The van der Waals surface area contributed by atoms with Gasteiger partial charge in [0, 0.05) is 13.0 Å². The minimum atomic E-state index is -1.56. The highest BCUT2D eigenvalue weighted by Crippen LogP contribution is 2.74. The molecule has 0 spiro atoms. The van der Waals surface area contributed by atoms with Gasteiger partial charge in [0.05, 0.1) is 24.9 Å². The second kappa shape index (κ2) is 15.2. The summed E-state index contributed by atoms with van der Waals surface area (Å²) in [6.07, 6.45) is -0.450. The molecule has 0 aromatic carbocycles. The maximum Gasteiger partial charge on any atom is 0.186 e. The smallest absolute Gasteiger partial charge is 0.186 e. The van der Waals surface area contributed by atoms with Crippen LogP contribution in [0.2, 0.25) is 0 Å². The van der Waals surface area contributed by atoms with Crippen LogP contribution in [0.5, 0.6) is 0 Å². The molecule has 0 aromatic heterocycles. The third-order valence-electron chi connectivity index (χ3n) is 16.5. The number of ether oxygens (including phenoxy) is 6. The number of aliphatic hydroxyl groups excluding tert-OH is 6. The minimum Gasteiger partial charge on any atom is -0.388 e. The van der Waals surface area contributed by atoms with E-state index in [9.17, 15) is 30.6 Å². The Morgan fingerprint density at radius 1 is 0.800 bits per heavy atom. The summed E-state index contributed by atoms with van der Waals surface area (Å²) in [6, 6.07) is 0. The predicted octanol–water partition coefficient (Wildman–Crippen LogP) is 3.97. The number of rotatable bonds is 8. The van der Waals surface area contributed by atoms with Gasteiger partial charge in [-0.05, 0) is 112 Å². The van der Waals surface area contributed by atoms with Crippen molar-refractivity contribution < 1.29 is 59.1 Å². The zero-order valence-corrected chi connectivity index (χ0v) is 34.5. The third kappa shape index (κ3) is 6.84. The van der Waals surface area contributed by atoms with E-state index < -0.39 is 61.4 Å². The quantitative estimate of drug-likeness (QED) is 0.196. The van der Waals surface area contributed by atoms with Crippen LogP contribution < -0.4 is 0 Å². The van der Waals surface area contributed by atoms with Crippen molar-refractivity contribution in [2.24, 2.45) is 45.3 Å². The van der Waals surface area contributed by atoms with Crippen molar-refractivity contribution in [1.29, 1.82) is 0 Å². The van der Waals surface area contributed by atoms with Gasteiger partial charge in [-0.15, -0.1) is 0 Å². The molecule has 6 N–H and O–H groups in total. The first-order valence-corrected chi connectivity index (χ1v) is 21.0.